The Kier molecular flexibility index (Phi) is 8.04. The van der Waals surface area contributed by atoms with Gasteiger partial charge in [0.2, 0.25) is 0 Å². The molecule has 2 saturated heterocycles. The first-order chi connectivity index (χ1) is 20.0. The first kappa shape index (κ1) is 29.5. The first-order valence-corrected chi connectivity index (χ1v) is 16.8. The topological polar surface area (TPSA) is 46.2 Å². The molecule has 0 aliphatic carbocycles. The van der Waals surface area contributed by atoms with Crippen LogP contribution in [0.25, 0.3) is 11.1 Å². The summed E-state index contributed by atoms with van der Waals surface area (Å²) in [6.45, 7) is 12.0. The summed E-state index contributed by atoms with van der Waals surface area (Å²) in [5.41, 5.74) is 0.627. The standard InChI is InChI=1S/C35H38O5P2/c1-33(2)31-32(37-35(5,6)36-31)34(3,4)40-42(39-33)38-30-28(25-17-10-7-11-18-25)23-16-24-29(30)41(26-19-12-8-13-20-26)27-21-14-9-15-22-27/h7-24,31-32H,1-6H3/t31-,32-/m1/s1. The number of fused-ring (bicyclic) bond motifs is 1. The number of rotatable bonds is 6. The first-order valence-electron chi connectivity index (χ1n) is 14.3. The van der Waals surface area contributed by atoms with Crippen molar-refractivity contribution in [3.8, 4) is 16.9 Å². The van der Waals surface area contributed by atoms with E-state index in [0.717, 1.165) is 22.2 Å². The summed E-state index contributed by atoms with van der Waals surface area (Å²) in [5, 5.41) is 3.58. The Balaban J connectivity index is 1.48. The van der Waals surface area contributed by atoms with E-state index in [1.54, 1.807) is 0 Å². The van der Waals surface area contributed by atoms with Gasteiger partial charge < -0.3 is 14.0 Å². The Morgan fingerprint density at radius 2 is 1.07 bits per heavy atom. The molecule has 2 atom stereocenters. The summed E-state index contributed by atoms with van der Waals surface area (Å²) < 4.78 is 33.2. The molecule has 0 spiro atoms. The van der Waals surface area contributed by atoms with Gasteiger partial charge in [-0.25, -0.2) is 0 Å². The molecule has 0 saturated carbocycles. The van der Waals surface area contributed by atoms with E-state index in [1.807, 2.05) is 47.6 Å². The number of para-hydroxylation sites is 1. The highest BCUT2D eigenvalue weighted by Gasteiger charge is 2.59. The van der Waals surface area contributed by atoms with E-state index in [9.17, 15) is 0 Å². The van der Waals surface area contributed by atoms with E-state index < -0.39 is 33.5 Å². The lowest BCUT2D eigenvalue weighted by Crippen LogP contribution is -2.50. The third-order valence-electron chi connectivity index (χ3n) is 7.60. The fourth-order valence-corrected chi connectivity index (χ4v) is 9.52. The number of hydrogen-bond donors (Lipinski definition) is 0. The molecular formula is C35H38O5P2. The molecule has 0 bridgehead atoms. The smallest absolute Gasteiger partial charge is 0.398 e. The van der Waals surface area contributed by atoms with Gasteiger partial charge in [-0.05, 0) is 65.6 Å². The van der Waals surface area contributed by atoms with Crippen LogP contribution in [0.3, 0.4) is 0 Å². The van der Waals surface area contributed by atoms with Crippen molar-refractivity contribution in [2.45, 2.75) is 70.7 Å². The quantitative estimate of drug-likeness (QED) is 0.211. The highest BCUT2D eigenvalue weighted by Crippen LogP contribution is 2.57. The lowest BCUT2D eigenvalue weighted by molar-refractivity contribution is -0.174. The fraction of sp³-hybridized carbons (Fsp3) is 0.314. The molecule has 0 aromatic heterocycles. The highest BCUT2D eigenvalue weighted by molar-refractivity contribution is 7.80. The Labute approximate surface area is 251 Å². The van der Waals surface area contributed by atoms with Crippen LogP contribution in [-0.4, -0.2) is 29.2 Å². The molecule has 2 fully saturated rings. The molecule has 2 aliphatic heterocycles. The highest BCUT2D eigenvalue weighted by atomic mass is 31.2. The Hall–Kier alpha value is -2.62. The van der Waals surface area contributed by atoms with Crippen LogP contribution in [0, 0.1) is 0 Å². The second-order valence-electron chi connectivity index (χ2n) is 12.2. The molecule has 2 heterocycles. The van der Waals surface area contributed by atoms with Gasteiger partial charge in [-0.15, -0.1) is 0 Å². The number of benzene rings is 4. The maximum absolute atomic E-state index is 6.99. The molecule has 218 valence electrons. The molecule has 2 aliphatic rings. The second kappa shape index (κ2) is 11.5. The van der Waals surface area contributed by atoms with Crippen LogP contribution >= 0.6 is 16.5 Å². The van der Waals surface area contributed by atoms with Crippen molar-refractivity contribution >= 4 is 32.4 Å². The molecule has 6 rings (SSSR count). The summed E-state index contributed by atoms with van der Waals surface area (Å²) >= 11 is 0. The molecule has 5 nitrogen and oxygen atoms in total. The normalized spacial score (nSPS) is 22.8. The summed E-state index contributed by atoms with van der Waals surface area (Å²) in [6.07, 6.45) is -0.651. The largest absolute Gasteiger partial charge is 0.425 e. The fourth-order valence-electron chi connectivity index (χ4n) is 5.62. The van der Waals surface area contributed by atoms with Crippen molar-refractivity contribution in [2.24, 2.45) is 0 Å². The third-order valence-corrected chi connectivity index (χ3v) is 11.6. The lowest BCUT2D eigenvalue weighted by atomic mass is 9.88. The van der Waals surface area contributed by atoms with Crippen molar-refractivity contribution in [3.05, 3.63) is 109 Å². The van der Waals surface area contributed by atoms with E-state index in [-0.39, 0.29) is 12.2 Å². The Morgan fingerprint density at radius 1 is 0.595 bits per heavy atom. The summed E-state index contributed by atoms with van der Waals surface area (Å²) in [4.78, 5) is 0. The van der Waals surface area contributed by atoms with Crippen molar-refractivity contribution < 1.29 is 23.0 Å². The van der Waals surface area contributed by atoms with E-state index >= 15 is 0 Å². The van der Waals surface area contributed by atoms with Gasteiger partial charge in [0.1, 0.15) is 29.2 Å². The van der Waals surface area contributed by atoms with Crippen LogP contribution < -0.4 is 20.4 Å². The van der Waals surface area contributed by atoms with Crippen LogP contribution in [0.4, 0.5) is 0 Å². The zero-order chi connectivity index (χ0) is 29.5. The van der Waals surface area contributed by atoms with E-state index in [4.69, 9.17) is 23.0 Å². The maximum Gasteiger partial charge on any atom is 0.398 e. The van der Waals surface area contributed by atoms with Gasteiger partial charge in [-0.3, -0.25) is 9.05 Å². The monoisotopic (exact) mass is 600 g/mol. The summed E-state index contributed by atoms with van der Waals surface area (Å²) in [6, 6.07) is 38.1. The van der Waals surface area contributed by atoms with Gasteiger partial charge >= 0.3 is 8.60 Å². The van der Waals surface area contributed by atoms with Crippen LogP contribution in [0.1, 0.15) is 41.5 Å². The van der Waals surface area contributed by atoms with Gasteiger partial charge in [0.05, 0.1) is 0 Å². The minimum absolute atomic E-state index is 0.326. The number of ether oxygens (including phenoxy) is 2. The Bertz CT molecular complexity index is 1440. The zero-order valence-corrected chi connectivity index (χ0v) is 26.8. The number of hydrogen-bond acceptors (Lipinski definition) is 5. The molecule has 0 radical (unpaired) electrons. The summed E-state index contributed by atoms with van der Waals surface area (Å²) in [5.74, 6) is 0.0423. The Morgan fingerprint density at radius 3 is 1.57 bits per heavy atom. The van der Waals surface area contributed by atoms with Crippen molar-refractivity contribution in [1.29, 1.82) is 0 Å². The van der Waals surface area contributed by atoms with Crippen LogP contribution in [-0.2, 0) is 18.5 Å². The zero-order valence-electron chi connectivity index (χ0n) is 25.0. The summed E-state index contributed by atoms with van der Waals surface area (Å²) in [7, 11) is -2.79. The van der Waals surface area contributed by atoms with E-state index in [1.165, 1.54) is 10.6 Å². The van der Waals surface area contributed by atoms with Gasteiger partial charge in [0, 0.05) is 10.9 Å². The van der Waals surface area contributed by atoms with E-state index in [2.05, 4.69) is 103 Å². The van der Waals surface area contributed by atoms with Gasteiger partial charge in [-0.1, -0.05) is 109 Å². The van der Waals surface area contributed by atoms with Crippen LogP contribution in [0.2, 0.25) is 0 Å². The SMILES string of the molecule is CC1(C)O[C@@H]2[C@@H](O1)C(C)(C)OP(Oc1c(-c3ccccc3)cccc1P(c1ccccc1)c1ccccc1)OC2(C)C. The predicted molar refractivity (Wildman–Crippen MR) is 172 cm³/mol. The average molecular weight is 601 g/mol. The van der Waals surface area contributed by atoms with E-state index in [0.29, 0.717) is 0 Å². The molecule has 0 unspecified atom stereocenters. The van der Waals surface area contributed by atoms with Crippen LogP contribution in [0.5, 0.6) is 5.75 Å². The molecule has 4 aromatic rings. The maximum atomic E-state index is 6.99. The molecule has 0 amide bonds. The molecular weight excluding hydrogens is 562 g/mol. The lowest BCUT2D eigenvalue weighted by Gasteiger charge is -2.32. The van der Waals surface area contributed by atoms with Gasteiger partial charge in [0.15, 0.2) is 5.79 Å². The van der Waals surface area contributed by atoms with Crippen molar-refractivity contribution in [2.75, 3.05) is 0 Å². The average Bonchev–Trinajstić information content (AvgIpc) is 3.30. The van der Waals surface area contributed by atoms with Gasteiger partial charge in [0.25, 0.3) is 0 Å². The molecule has 0 N–H and O–H groups in total. The minimum Gasteiger partial charge on any atom is -0.425 e. The second-order valence-corrected chi connectivity index (χ2v) is 15.4. The predicted octanol–water partition coefficient (Wildman–Crippen LogP) is 7.84. The van der Waals surface area contributed by atoms with Crippen LogP contribution in [0.15, 0.2) is 109 Å². The molecule has 7 heteroatoms. The molecule has 4 aromatic carbocycles. The van der Waals surface area contributed by atoms with Gasteiger partial charge in [-0.2, -0.15) is 0 Å². The minimum atomic E-state index is -1.84. The van der Waals surface area contributed by atoms with Crippen molar-refractivity contribution in [3.63, 3.8) is 0 Å². The molecule has 42 heavy (non-hydrogen) atoms. The van der Waals surface area contributed by atoms with Crippen molar-refractivity contribution in [1.82, 2.24) is 0 Å². The third kappa shape index (κ3) is 5.92.